The van der Waals surface area contributed by atoms with E-state index in [9.17, 15) is 4.21 Å². The van der Waals surface area contributed by atoms with E-state index in [4.69, 9.17) is 8.37 Å². The third-order valence-electron chi connectivity index (χ3n) is 1.47. The summed E-state index contributed by atoms with van der Waals surface area (Å²) in [5, 5.41) is 0. The molecule has 1 rings (SSSR count). The highest BCUT2D eigenvalue weighted by Gasteiger charge is 2.30. The van der Waals surface area contributed by atoms with Crippen molar-refractivity contribution >= 4 is 11.4 Å². The third kappa shape index (κ3) is 1.45. The molecule has 0 atom stereocenters. The molecule has 0 saturated carbocycles. The lowest BCUT2D eigenvalue weighted by Gasteiger charge is -2.25. The molecule has 58 valence electrons. The summed E-state index contributed by atoms with van der Waals surface area (Å²) in [6.07, 6.45) is -0.370. The number of rotatable bonds is 1. The first-order valence-corrected chi connectivity index (χ1v) is 4.01. The summed E-state index contributed by atoms with van der Waals surface area (Å²) in [6, 6.07) is 0. The molecule has 0 amide bonds. The quantitative estimate of drug-likeness (QED) is 0.545. The van der Waals surface area contributed by atoms with Gasteiger partial charge in [0.05, 0.1) is 0 Å². The first kappa shape index (κ1) is 7.91. The molecular weight excluding hydrogens is 152 g/mol. The Kier molecular flexibility index (Phi) is 2.23. The zero-order valence-electron chi connectivity index (χ0n) is 6.21. The molecule has 0 radical (unpaired) electrons. The lowest BCUT2D eigenvalue weighted by molar-refractivity contribution is -0.0323. The van der Waals surface area contributed by atoms with Crippen LogP contribution in [0.25, 0.3) is 0 Å². The highest BCUT2D eigenvalue weighted by molar-refractivity contribution is 7.76. The van der Waals surface area contributed by atoms with Gasteiger partial charge in [-0.3, -0.25) is 0 Å². The van der Waals surface area contributed by atoms with Crippen LogP contribution in [0.2, 0.25) is 0 Å². The molecule has 0 aromatic carbocycles. The third-order valence-corrected chi connectivity index (χ3v) is 2.14. The van der Waals surface area contributed by atoms with Crippen LogP contribution in [0.3, 0.4) is 0 Å². The van der Waals surface area contributed by atoms with Gasteiger partial charge in [0.15, 0.2) is 0 Å². The predicted octanol–water partition coefficient (Wildman–Crippen LogP) is 1.29. The summed E-state index contributed by atoms with van der Waals surface area (Å²) in [4.78, 5) is 0. The van der Waals surface area contributed by atoms with E-state index in [1.54, 1.807) is 0 Å². The lowest BCUT2D eigenvalue weighted by atomic mass is 10.2. The molecule has 1 fully saturated rings. The van der Waals surface area contributed by atoms with Gasteiger partial charge in [0, 0.05) is 0 Å². The Morgan fingerprint density at radius 1 is 1.30 bits per heavy atom. The van der Waals surface area contributed by atoms with Crippen molar-refractivity contribution in [1.29, 1.82) is 0 Å². The van der Waals surface area contributed by atoms with Crippen LogP contribution in [0.1, 0.15) is 20.8 Å². The Balaban J connectivity index is 2.53. The number of hydrogen-bond donors (Lipinski definition) is 0. The minimum absolute atomic E-state index is 0.370. The summed E-state index contributed by atoms with van der Waals surface area (Å²) in [5.41, 5.74) is 2.14. The highest BCUT2D eigenvalue weighted by atomic mass is 32.2. The van der Waals surface area contributed by atoms with Crippen LogP contribution >= 0.6 is 0 Å². The molecule has 10 heavy (non-hydrogen) atoms. The minimum Gasteiger partial charge on any atom is -0.231 e. The molecule has 0 aromatic heterocycles. The van der Waals surface area contributed by atoms with Crippen LogP contribution in [-0.2, 0) is 19.7 Å². The van der Waals surface area contributed by atoms with Crippen molar-refractivity contribution in [2.24, 2.45) is 0 Å². The molecule has 0 unspecified atom stereocenters. The molecule has 3 nitrogen and oxygen atoms in total. The normalized spacial score (nSPS) is 31.1. The highest BCUT2D eigenvalue weighted by Crippen LogP contribution is 2.22. The SMILES string of the molecule is CC(C)=C(C)C1OS(=O)O1. The monoisotopic (exact) mass is 162 g/mol. The van der Waals surface area contributed by atoms with Crippen LogP contribution in [0.4, 0.5) is 0 Å². The Morgan fingerprint density at radius 3 is 2.10 bits per heavy atom. The maximum Gasteiger partial charge on any atom is 0.310 e. The summed E-state index contributed by atoms with van der Waals surface area (Å²) in [7, 11) is 0. The van der Waals surface area contributed by atoms with Crippen LogP contribution < -0.4 is 0 Å². The molecule has 1 aliphatic heterocycles. The Labute approximate surface area is 62.9 Å². The zero-order valence-corrected chi connectivity index (χ0v) is 7.03. The molecule has 0 spiro atoms. The van der Waals surface area contributed by atoms with Crippen molar-refractivity contribution in [1.82, 2.24) is 0 Å². The molecule has 1 aliphatic rings. The Morgan fingerprint density at radius 2 is 1.80 bits per heavy atom. The molecule has 1 heterocycles. The largest absolute Gasteiger partial charge is 0.310 e. The molecule has 0 N–H and O–H groups in total. The van der Waals surface area contributed by atoms with Gasteiger partial charge in [-0.25, -0.2) is 8.37 Å². The summed E-state index contributed by atoms with van der Waals surface area (Å²) in [5.74, 6) is 0. The van der Waals surface area contributed by atoms with Gasteiger partial charge in [-0.1, -0.05) is 5.57 Å². The topological polar surface area (TPSA) is 35.5 Å². The summed E-state index contributed by atoms with van der Waals surface area (Å²) in [6.45, 7) is 5.82. The second-order valence-electron chi connectivity index (χ2n) is 2.41. The van der Waals surface area contributed by atoms with Crippen molar-refractivity contribution in [2.75, 3.05) is 0 Å². The van der Waals surface area contributed by atoms with Gasteiger partial charge < -0.3 is 0 Å². The molecule has 4 heteroatoms. The maximum atomic E-state index is 10.3. The molecular formula is C6H10O3S. The van der Waals surface area contributed by atoms with Gasteiger partial charge in [-0.05, 0) is 26.3 Å². The fourth-order valence-corrected chi connectivity index (χ4v) is 1.12. The van der Waals surface area contributed by atoms with Crippen LogP contribution in [-0.4, -0.2) is 10.5 Å². The first-order valence-electron chi connectivity index (χ1n) is 3.01. The van der Waals surface area contributed by atoms with Crippen LogP contribution in [0, 0.1) is 0 Å². The van der Waals surface area contributed by atoms with Crippen molar-refractivity contribution < 1.29 is 12.6 Å². The van der Waals surface area contributed by atoms with E-state index in [1.165, 1.54) is 0 Å². The molecule has 0 aromatic rings. The van der Waals surface area contributed by atoms with Gasteiger partial charge >= 0.3 is 11.4 Å². The standard InChI is InChI=1S/C6H10O3S/c1-4(2)5(3)6-8-10(7)9-6/h6H,1-3H3. The van der Waals surface area contributed by atoms with Crippen LogP contribution in [0.5, 0.6) is 0 Å². The van der Waals surface area contributed by atoms with Crippen molar-refractivity contribution in [3.63, 3.8) is 0 Å². The van der Waals surface area contributed by atoms with E-state index in [0.29, 0.717) is 0 Å². The summed E-state index contributed by atoms with van der Waals surface area (Å²) < 4.78 is 19.8. The first-order chi connectivity index (χ1) is 4.61. The van der Waals surface area contributed by atoms with Gasteiger partial charge in [-0.15, -0.1) is 0 Å². The Bertz CT molecular complexity index is 185. The van der Waals surface area contributed by atoms with Gasteiger partial charge in [0.1, 0.15) is 0 Å². The number of hydrogen-bond acceptors (Lipinski definition) is 3. The van der Waals surface area contributed by atoms with E-state index in [2.05, 4.69) is 0 Å². The van der Waals surface area contributed by atoms with Crippen molar-refractivity contribution in [3.05, 3.63) is 11.1 Å². The van der Waals surface area contributed by atoms with Gasteiger partial charge in [0.2, 0.25) is 6.29 Å². The van der Waals surface area contributed by atoms with E-state index in [0.717, 1.165) is 11.1 Å². The van der Waals surface area contributed by atoms with Crippen molar-refractivity contribution in [3.8, 4) is 0 Å². The maximum absolute atomic E-state index is 10.3. The van der Waals surface area contributed by atoms with E-state index >= 15 is 0 Å². The van der Waals surface area contributed by atoms with Gasteiger partial charge in [-0.2, -0.15) is 4.21 Å². The summed E-state index contributed by atoms with van der Waals surface area (Å²) >= 11 is -1.49. The molecule has 0 bridgehead atoms. The average Bonchev–Trinajstić information content (AvgIpc) is 1.79. The Hall–Kier alpha value is -0.190. The number of allylic oxidation sites excluding steroid dienone is 1. The predicted molar refractivity (Wildman–Crippen MR) is 38.1 cm³/mol. The minimum atomic E-state index is -1.49. The molecule has 1 saturated heterocycles. The van der Waals surface area contributed by atoms with Crippen molar-refractivity contribution in [2.45, 2.75) is 27.1 Å². The molecule has 0 aliphatic carbocycles. The van der Waals surface area contributed by atoms with Gasteiger partial charge in [0.25, 0.3) is 0 Å². The fraction of sp³-hybridized carbons (Fsp3) is 0.667. The van der Waals surface area contributed by atoms with Crippen LogP contribution in [0.15, 0.2) is 11.1 Å². The average molecular weight is 162 g/mol. The van der Waals surface area contributed by atoms with E-state index in [1.807, 2.05) is 20.8 Å². The second kappa shape index (κ2) is 2.82. The van der Waals surface area contributed by atoms with E-state index < -0.39 is 11.4 Å². The smallest absolute Gasteiger partial charge is 0.231 e. The van der Waals surface area contributed by atoms with E-state index in [-0.39, 0.29) is 6.29 Å². The zero-order chi connectivity index (χ0) is 7.72. The lowest BCUT2D eigenvalue weighted by Crippen LogP contribution is -2.32. The fourth-order valence-electron chi connectivity index (χ4n) is 0.530. The second-order valence-corrected chi connectivity index (χ2v) is 3.20.